The Labute approximate surface area is 155 Å². The van der Waals surface area contributed by atoms with Crippen LogP contribution in [0.2, 0.25) is 0 Å². The number of hydrogen-bond acceptors (Lipinski definition) is 3. The third kappa shape index (κ3) is 3.31. The summed E-state index contributed by atoms with van der Waals surface area (Å²) >= 11 is 0. The monoisotopic (exact) mass is 360 g/mol. The van der Waals surface area contributed by atoms with Crippen LogP contribution in [-0.4, -0.2) is 10.9 Å². The van der Waals surface area contributed by atoms with Crippen LogP contribution < -0.4 is 5.32 Å². The number of anilines is 1. The lowest BCUT2D eigenvalue weighted by Crippen LogP contribution is -2.12. The number of fused-ring (bicyclic) bond motifs is 1. The van der Waals surface area contributed by atoms with Crippen LogP contribution in [0.5, 0.6) is 0 Å². The molecule has 1 aromatic heterocycles. The number of oxazole rings is 1. The fourth-order valence-corrected chi connectivity index (χ4v) is 2.94. The molecule has 0 bridgehead atoms. The molecule has 0 aliphatic carbocycles. The predicted octanol–water partition coefficient (Wildman–Crippen LogP) is 5.50. The van der Waals surface area contributed by atoms with Crippen LogP contribution in [0.1, 0.15) is 21.5 Å². The number of nitrogens with one attached hydrogen (secondary N) is 1. The second-order valence-electron chi connectivity index (χ2n) is 6.43. The summed E-state index contributed by atoms with van der Waals surface area (Å²) in [6, 6.07) is 16.8. The summed E-state index contributed by atoms with van der Waals surface area (Å²) in [6.07, 6.45) is 0. The molecule has 0 spiro atoms. The van der Waals surface area contributed by atoms with E-state index in [1.54, 1.807) is 0 Å². The number of halogens is 1. The van der Waals surface area contributed by atoms with E-state index in [9.17, 15) is 9.18 Å². The summed E-state index contributed by atoms with van der Waals surface area (Å²) in [6.45, 7) is 3.89. The third-order valence-electron chi connectivity index (χ3n) is 4.45. The highest BCUT2D eigenvalue weighted by molar-refractivity contribution is 6.04. The van der Waals surface area contributed by atoms with Gasteiger partial charge < -0.3 is 9.73 Å². The zero-order valence-electron chi connectivity index (χ0n) is 14.9. The first-order valence-corrected chi connectivity index (χ1v) is 8.55. The Balaban J connectivity index is 1.61. The number of hydrogen-bond donors (Lipinski definition) is 1. The Hall–Kier alpha value is -3.47. The van der Waals surface area contributed by atoms with E-state index in [1.807, 2.05) is 50.2 Å². The SMILES string of the molecule is Cc1cc(-c2nc3c(C)cccc3o2)ccc1NC(=O)c1ccc(F)cc1. The first-order chi connectivity index (χ1) is 13.0. The zero-order valence-corrected chi connectivity index (χ0v) is 14.9. The van der Waals surface area contributed by atoms with Crippen molar-refractivity contribution in [2.75, 3.05) is 5.32 Å². The second kappa shape index (κ2) is 6.68. The molecule has 0 aliphatic rings. The van der Waals surface area contributed by atoms with Crippen LogP contribution in [0, 0.1) is 19.7 Å². The van der Waals surface area contributed by atoms with Gasteiger partial charge in [0.2, 0.25) is 5.89 Å². The van der Waals surface area contributed by atoms with Crippen molar-refractivity contribution in [1.82, 2.24) is 4.98 Å². The molecule has 1 N–H and O–H groups in total. The minimum atomic E-state index is -0.374. The van der Waals surface area contributed by atoms with Gasteiger partial charge in [0.05, 0.1) is 0 Å². The lowest BCUT2D eigenvalue weighted by Gasteiger charge is -2.09. The number of nitrogens with zero attached hydrogens (tertiary/aromatic N) is 1. The molecule has 1 heterocycles. The van der Waals surface area contributed by atoms with Crippen molar-refractivity contribution in [2.24, 2.45) is 0 Å². The zero-order chi connectivity index (χ0) is 19.0. The largest absolute Gasteiger partial charge is 0.436 e. The first-order valence-electron chi connectivity index (χ1n) is 8.55. The van der Waals surface area contributed by atoms with Gasteiger partial charge in [0, 0.05) is 16.8 Å². The van der Waals surface area contributed by atoms with Gasteiger partial charge in [-0.3, -0.25) is 4.79 Å². The van der Waals surface area contributed by atoms with E-state index in [4.69, 9.17) is 4.42 Å². The van der Waals surface area contributed by atoms with Gasteiger partial charge in [-0.25, -0.2) is 9.37 Å². The maximum absolute atomic E-state index is 13.0. The lowest BCUT2D eigenvalue weighted by molar-refractivity contribution is 0.102. The Morgan fingerprint density at radius 3 is 2.48 bits per heavy atom. The van der Waals surface area contributed by atoms with Gasteiger partial charge in [-0.15, -0.1) is 0 Å². The molecule has 5 heteroatoms. The topological polar surface area (TPSA) is 55.1 Å². The van der Waals surface area contributed by atoms with Crippen LogP contribution in [0.15, 0.2) is 65.1 Å². The normalized spacial score (nSPS) is 10.9. The van der Waals surface area contributed by atoms with Gasteiger partial charge in [0.15, 0.2) is 5.58 Å². The highest BCUT2D eigenvalue weighted by Gasteiger charge is 2.12. The molecule has 0 unspecified atom stereocenters. The number of rotatable bonds is 3. The second-order valence-corrected chi connectivity index (χ2v) is 6.43. The predicted molar refractivity (Wildman–Crippen MR) is 103 cm³/mol. The minimum Gasteiger partial charge on any atom is -0.436 e. The van der Waals surface area contributed by atoms with E-state index >= 15 is 0 Å². The van der Waals surface area contributed by atoms with Crippen LogP contribution in [0.4, 0.5) is 10.1 Å². The van der Waals surface area contributed by atoms with Crippen molar-refractivity contribution in [3.05, 3.63) is 83.2 Å². The van der Waals surface area contributed by atoms with Crippen LogP contribution in [0.25, 0.3) is 22.6 Å². The average Bonchev–Trinajstić information content (AvgIpc) is 3.09. The fraction of sp³-hybridized carbons (Fsp3) is 0.0909. The van der Waals surface area contributed by atoms with Crippen molar-refractivity contribution in [1.29, 1.82) is 0 Å². The van der Waals surface area contributed by atoms with Crippen LogP contribution in [0.3, 0.4) is 0 Å². The summed E-state index contributed by atoms with van der Waals surface area (Å²) in [5.41, 5.74) is 5.44. The van der Waals surface area contributed by atoms with Gasteiger partial charge in [0.25, 0.3) is 5.91 Å². The van der Waals surface area contributed by atoms with Crippen molar-refractivity contribution in [2.45, 2.75) is 13.8 Å². The van der Waals surface area contributed by atoms with E-state index in [1.165, 1.54) is 24.3 Å². The quantitative estimate of drug-likeness (QED) is 0.525. The Bertz CT molecular complexity index is 1150. The molecule has 27 heavy (non-hydrogen) atoms. The van der Waals surface area contributed by atoms with E-state index in [0.29, 0.717) is 17.1 Å². The number of aromatic nitrogens is 1. The summed E-state index contributed by atoms with van der Waals surface area (Å²) < 4.78 is 18.9. The standard InChI is InChI=1S/C22H17FN2O2/c1-13-4-3-5-19-20(13)25-22(27-19)16-8-11-18(14(2)12-16)24-21(26)15-6-9-17(23)10-7-15/h3-12H,1-2H3,(H,24,26). The van der Waals surface area contributed by atoms with E-state index in [2.05, 4.69) is 10.3 Å². The molecule has 0 saturated carbocycles. The summed E-state index contributed by atoms with van der Waals surface area (Å²) in [5, 5.41) is 2.85. The molecular weight excluding hydrogens is 343 g/mol. The number of amides is 1. The summed E-state index contributed by atoms with van der Waals surface area (Å²) in [5.74, 6) is -0.122. The maximum atomic E-state index is 13.0. The number of carbonyl (C=O) groups excluding carboxylic acids is 1. The van der Waals surface area contributed by atoms with E-state index in [-0.39, 0.29) is 11.7 Å². The van der Waals surface area contributed by atoms with Crippen molar-refractivity contribution >= 4 is 22.7 Å². The molecule has 3 aromatic carbocycles. The van der Waals surface area contributed by atoms with Crippen LogP contribution in [-0.2, 0) is 0 Å². The molecule has 4 nitrogen and oxygen atoms in total. The Morgan fingerprint density at radius 1 is 1.00 bits per heavy atom. The molecular formula is C22H17FN2O2. The smallest absolute Gasteiger partial charge is 0.255 e. The molecule has 134 valence electrons. The molecule has 0 aliphatic heterocycles. The van der Waals surface area contributed by atoms with Gasteiger partial charge in [-0.05, 0) is 73.5 Å². The highest BCUT2D eigenvalue weighted by Crippen LogP contribution is 2.28. The number of para-hydroxylation sites is 1. The maximum Gasteiger partial charge on any atom is 0.255 e. The van der Waals surface area contributed by atoms with Gasteiger partial charge in [-0.2, -0.15) is 0 Å². The van der Waals surface area contributed by atoms with Crippen molar-refractivity contribution in [3.63, 3.8) is 0 Å². The lowest BCUT2D eigenvalue weighted by atomic mass is 10.1. The minimum absolute atomic E-state index is 0.289. The molecule has 4 aromatic rings. The number of carbonyl (C=O) groups is 1. The molecule has 0 saturated heterocycles. The Kier molecular flexibility index (Phi) is 4.20. The fourth-order valence-electron chi connectivity index (χ4n) is 2.94. The van der Waals surface area contributed by atoms with Gasteiger partial charge in [0.1, 0.15) is 11.3 Å². The average molecular weight is 360 g/mol. The van der Waals surface area contributed by atoms with Gasteiger partial charge in [-0.1, -0.05) is 12.1 Å². The molecule has 1 amide bonds. The van der Waals surface area contributed by atoms with Gasteiger partial charge >= 0.3 is 0 Å². The van der Waals surface area contributed by atoms with E-state index in [0.717, 1.165) is 27.8 Å². The van der Waals surface area contributed by atoms with Crippen molar-refractivity contribution in [3.8, 4) is 11.5 Å². The molecule has 0 atom stereocenters. The third-order valence-corrected chi connectivity index (χ3v) is 4.45. The molecule has 0 radical (unpaired) electrons. The van der Waals surface area contributed by atoms with Crippen LogP contribution >= 0.6 is 0 Å². The molecule has 0 fully saturated rings. The van der Waals surface area contributed by atoms with E-state index < -0.39 is 0 Å². The number of aryl methyl sites for hydroxylation is 2. The summed E-state index contributed by atoms with van der Waals surface area (Å²) in [7, 11) is 0. The van der Waals surface area contributed by atoms with Crippen molar-refractivity contribution < 1.29 is 13.6 Å². The number of benzene rings is 3. The first kappa shape index (κ1) is 17.0. The molecule has 4 rings (SSSR count). The summed E-state index contributed by atoms with van der Waals surface area (Å²) in [4.78, 5) is 16.9. The highest BCUT2D eigenvalue weighted by atomic mass is 19.1. The Morgan fingerprint density at radius 2 is 1.78 bits per heavy atom.